The van der Waals surface area contributed by atoms with E-state index in [-0.39, 0.29) is 11.9 Å². The van der Waals surface area contributed by atoms with Gasteiger partial charge in [0.15, 0.2) is 0 Å². The zero-order chi connectivity index (χ0) is 16.9. The number of nitrogens with zero attached hydrogens (tertiary/aromatic N) is 3. The lowest BCUT2D eigenvalue weighted by atomic mass is 10.1. The molecular weight excluding hydrogens is 328 g/mol. The van der Waals surface area contributed by atoms with Crippen LogP contribution in [0.2, 0.25) is 5.02 Å². The molecule has 1 amide bonds. The van der Waals surface area contributed by atoms with E-state index in [1.807, 2.05) is 48.3 Å². The number of ether oxygens (including phenoxy) is 1. The molecule has 1 aromatic carbocycles. The Labute approximate surface area is 146 Å². The van der Waals surface area contributed by atoms with Gasteiger partial charge in [0.05, 0.1) is 12.6 Å². The lowest BCUT2D eigenvalue weighted by Crippen LogP contribution is -2.49. The van der Waals surface area contributed by atoms with Gasteiger partial charge in [0.1, 0.15) is 6.10 Å². The number of likely N-dealkylation sites (N-methyl/N-ethyl adjacent to an activating group) is 1. The highest BCUT2D eigenvalue weighted by molar-refractivity contribution is 6.30. The van der Waals surface area contributed by atoms with Crippen LogP contribution in [-0.2, 0) is 9.53 Å². The van der Waals surface area contributed by atoms with Crippen LogP contribution in [0.4, 0.5) is 0 Å². The summed E-state index contributed by atoms with van der Waals surface area (Å²) in [5, 5.41) is 7.98. The zero-order valence-corrected chi connectivity index (χ0v) is 14.3. The fourth-order valence-electron chi connectivity index (χ4n) is 2.76. The lowest BCUT2D eigenvalue weighted by Gasteiger charge is -2.29. The highest BCUT2D eigenvalue weighted by atomic mass is 35.5. The molecule has 0 saturated carbocycles. The fourth-order valence-corrected chi connectivity index (χ4v) is 2.89. The van der Waals surface area contributed by atoms with Gasteiger partial charge in [-0.25, -0.2) is 0 Å². The number of morpholine rings is 1. The van der Waals surface area contributed by atoms with Crippen LogP contribution in [0.15, 0.2) is 42.7 Å². The Bertz CT molecular complexity index is 660. The predicted octanol–water partition coefficient (Wildman–Crippen LogP) is 1.57. The quantitative estimate of drug-likeness (QED) is 0.891. The van der Waals surface area contributed by atoms with E-state index in [9.17, 15) is 4.79 Å². The molecule has 0 aliphatic carbocycles. The van der Waals surface area contributed by atoms with Crippen LogP contribution < -0.4 is 5.32 Å². The number of carbonyl (C=O) groups is 1. The number of carbonyl (C=O) groups excluding carboxylic acids is 1. The van der Waals surface area contributed by atoms with Crippen LogP contribution >= 0.6 is 11.6 Å². The van der Waals surface area contributed by atoms with E-state index < -0.39 is 6.10 Å². The molecule has 1 N–H and O–H groups in total. The first-order chi connectivity index (χ1) is 11.6. The SMILES string of the molecule is CN1CCO[C@@H](C(=O)NC[C@H](c2ccc(Cl)cc2)n2cccn2)C1. The molecule has 2 atom stereocenters. The number of amides is 1. The number of halogens is 1. The highest BCUT2D eigenvalue weighted by Crippen LogP contribution is 2.19. The van der Waals surface area contributed by atoms with Crippen molar-refractivity contribution in [2.45, 2.75) is 12.1 Å². The number of benzene rings is 1. The zero-order valence-electron chi connectivity index (χ0n) is 13.6. The largest absolute Gasteiger partial charge is 0.366 e. The molecule has 7 heteroatoms. The highest BCUT2D eigenvalue weighted by Gasteiger charge is 2.25. The van der Waals surface area contributed by atoms with Crippen LogP contribution in [0.5, 0.6) is 0 Å². The number of nitrogens with one attached hydrogen (secondary N) is 1. The minimum absolute atomic E-state index is 0.0901. The van der Waals surface area contributed by atoms with Gasteiger partial charge < -0.3 is 15.0 Å². The number of rotatable bonds is 5. The topological polar surface area (TPSA) is 59.4 Å². The van der Waals surface area contributed by atoms with Crippen molar-refractivity contribution in [3.05, 3.63) is 53.3 Å². The summed E-state index contributed by atoms with van der Waals surface area (Å²) in [5.74, 6) is -0.0901. The number of hydrogen-bond donors (Lipinski definition) is 1. The summed E-state index contributed by atoms with van der Waals surface area (Å²) < 4.78 is 7.39. The van der Waals surface area contributed by atoms with E-state index in [0.29, 0.717) is 24.7 Å². The standard InChI is InChI=1S/C17H21ClN4O2/c1-21-9-10-24-16(12-21)17(23)19-11-15(22-8-2-7-20-22)13-3-5-14(18)6-4-13/h2-8,15-16H,9-12H2,1H3,(H,19,23)/t15-,16-/m1/s1. The molecule has 2 heterocycles. The summed E-state index contributed by atoms with van der Waals surface area (Å²) in [6, 6.07) is 9.35. The van der Waals surface area contributed by atoms with Crippen LogP contribution in [-0.4, -0.2) is 60.0 Å². The van der Waals surface area contributed by atoms with Crippen molar-refractivity contribution < 1.29 is 9.53 Å². The summed E-state index contributed by atoms with van der Waals surface area (Å²) >= 11 is 5.97. The Morgan fingerprint density at radius 3 is 2.92 bits per heavy atom. The molecule has 0 radical (unpaired) electrons. The third-order valence-electron chi connectivity index (χ3n) is 4.13. The van der Waals surface area contributed by atoms with E-state index in [2.05, 4.69) is 15.3 Å². The second-order valence-corrected chi connectivity index (χ2v) is 6.36. The van der Waals surface area contributed by atoms with E-state index in [1.54, 1.807) is 6.20 Å². The molecule has 1 aromatic heterocycles. The van der Waals surface area contributed by atoms with Crippen molar-refractivity contribution in [1.29, 1.82) is 0 Å². The van der Waals surface area contributed by atoms with E-state index in [4.69, 9.17) is 16.3 Å². The van der Waals surface area contributed by atoms with E-state index in [0.717, 1.165) is 12.1 Å². The average molecular weight is 349 g/mol. The van der Waals surface area contributed by atoms with Crippen molar-refractivity contribution in [2.24, 2.45) is 0 Å². The second-order valence-electron chi connectivity index (χ2n) is 5.92. The van der Waals surface area contributed by atoms with Crippen LogP contribution in [0.1, 0.15) is 11.6 Å². The van der Waals surface area contributed by atoms with Gasteiger partial charge in [-0.1, -0.05) is 23.7 Å². The molecule has 0 spiro atoms. The van der Waals surface area contributed by atoms with Crippen molar-refractivity contribution >= 4 is 17.5 Å². The normalized spacial score (nSPS) is 19.8. The second kappa shape index (κ2) is 7.79. The molecule has 1 aliphatic heterocycles. The minimum Gasteiger partial charge on any atom is -0.366 e. The molecule has 1 aliphatic rings. The van der Waals surface area contributed by atoms with Gasteiger partial charge in [-0.2, -0.15) is 5.10 Å². The maximum Gasteiger partial charge on any atom is 0.250 e. The first-order valence-electron chi connectivity index (χ1n) is 7.96. The molecule has 1 fully saturated rings. The summed E-state index contributed by atoms with van der Waals surface area (Å²) in [6.45, 7) is 2.48. The van der Waals surface area contributed by atoms with Crippen LogP contribution in [0, 0.1) is 0 Å². The monoisotopic (exact) mass is 348 g/mol. The van der Waals surface area contributed by atoms with Gasteiger partial charge in [0.2, 0.25) is 0 Å². The molecule has 24 heavy (non-hydrogen) atoms. The van der Waals surface area contributed by atoms with Gasteiger partial charge in [-0.15, -0.1) is 0 Å². The lowest BCUT2D eigenvalue weighted by molar-refractivity contribution is -0.137. The molecule has 6 nitrogen and oxygen atoms in total. The van der Waals surface area contributed by atoms with E-state index >= 15 is 0 Å². The Morgan fingerprint density at radius 1 is 1.46 bits per heavy atom. The molecular formula is C17H21ClN4O2. The summed E-state index contributed by atoms with van der Waals surface area (Å²) in [7, 11) is 1.99. The summed E-state index contributed by atoms with van der Waals surface area (Å²) in [5.41, 5.74) is 1.03. The van der Waals surface area contributed by atoms with Crippen molar-refractivity contribution in [1.82, 2.24) is 20.0 Å². The summed E-state index contributed by atoms with van der Waals surface area (Å²) in [6.07, 6.45) is 3.19. The predicted molar refractivity (Wildman–Crippen MR) is 92.1 cm³/mol. The smallest absolute Gasteiger partial charge is 0.250 e. The summed E-state index contributed by atoms with van der Waals surface area (Å²) in [4.78, 5) is 14.5. The van der Waals surface area contributed by atoms with Gasteiger partial charge in [0, 0.05) is 37.1 Å². The maximum atomic E-state index is 12.4. The van der Waals surface area contributed by atoms with E-state index in [1.165, 1.54) is 0 Å². The first kappa shape index (κ1) is 17.0. The van der Waals surface area contributed by atoms with Gasteiger partial charge in [-0.05, 0) is 30.8 Å². The molecule has 0 bridgehead atoms. The average Bonchev–Trinajstić information content (AvgIpc) is 3.11. The minimum atomic E-state index is -0.424. The Hall–Kier alpha value is -1.89. The van der Waals surface area contributed by atoms with Gasteiger partial charge >= 0.3 is 0 Å². The van der Waals surface area contributed by atoms with Crippen LogP contribution in [0.3, 0.4) is 0 Å². The molecule has 1 saturated heterocycles. The maximum absolute atomic E-state index is 12.4. The molecule has 0 unspecified atom stereocenters. The Morgan fingerprint density at radius 2 is 2.25 bits per heavy atom. The third kappa shape index (κ3) is 4.14. The molecule has 128 valence electrons. The van der Waals surface area contributed by atoms with Gasteiger partial charge in [0.25, 0.3) is 5.91 Å². The van der Waals surface area contributed by atoms with Crippen LogP contribution in [0.25, 0.3) is 0 Å². The molecule has 3 rings (SSSR count). The fraction of sp³-hybridized carbons (Fsp3) is 0.412. The number of aromatic nitrogens is 2. The first-order valence-corrected chi connectivity index (χ1v) is 8.34. The Kier molecular flexibility index (Phi) is 5.50. The van der Waals surface area contributed by atoms with Gasteiger partial charge in [-0.3, -0.25) is 9.48 Å². The van der Waals surface area contributed by atoms with Crippen molar-refractivity contribution in [3.63, 3.8) is 0 Å². The van der Waals surface area contributed by atoms with Crippen molar-refractivity contribution in [3.8, 4) is 0 Å². The molecule has 2 aromatic rings. The Balaban J connectivity index is 1.68. The third-order valence-corrected chi connectivity index (χ3v) is 4.38. The number of hydrogen-bond acceptors (Lipinski definition) is 4. The van der Waals surface area contributed by atoms with Crippen molar-refractivity contribution in [2.75, 3.05) is 33.3 Å².